The van der Waals surface area contributed by atoms with Crippen molar-refractivity contribution in [2.75, 3.05) is 5.32 Å². The molecule has 0 heterocycles. The van der Waals surface area contributed by atoms with E-state index in [2.05, 4.69) is 31.8 Å². The number of nitrogens with zero attached hydrogens (tertiary/aromatic N) is 1. The Morgan fingerprint density at radius 3 is 2.42 bits per heavy atom. The number of hydrogen-bond donors (Lipinski definition) is 2. The topological polar surface area (TPSA) is 79.8 Å². The van der Waals surface area contributed by atoms with Crippen LogP contribution in [-0.4, -0.2) is 18.0 Å². The summed E-state index contributed by atoms with van der Waals surface area (Å²) in [5.41, 5.74) is 3.08. The molecular weight excluding hydrogens is 563 g/mol. The summed E-state index contributed by atoms with van der Waals surface area (Å²) >= 11 is 9.31. The van der Waals surface area contributed by atoms with Crippen molar-refractivity contribution in [1.82, 2.24) is 5.43 Å². The maximum Gasteiger partial charge on any atom is 0.416 e. The molecule has 11 heteroatoms. The van der Waals surface area contributed by atoms with Crippen molar-refractivity contribution in [1.29, 1.82) is 0 Å². The van der Waals surface area contributed by atoms with Gasteiger partial charge in [-0.1, -0.05) is 29.8 Å². The lowest BCUT2D eigenvalue weighted by atomic mass is 10.2. The van der Waals surface area contributed by atoms with Crippen LogP contribution in [0.5, 0.6) is 5.75 Å². The highest BCUT2D eigenvalue weighted by Gasteiger charge is 2.30. The summed E-state index contributed by atoms with van der Waals surface area (Å²) < 4.78 is 44.8. The van der Waals surface area contributed by atoms with Crippen LogP contribution in [0, 0.1) is 0 Å². The van der Waals surface area contributed by atoms with Crippen LogP contribution in [0.25, 0.3) is 0 Å². The Morgan fingerprint density at radius 1 is 1.00 bits per heavy atom. The Bertz CT molecular complexity index is 1250. The maximum absolute atomic E-state index is 12.8. The fraction of sp³-hybridized carbons (Fsp3) is 0.160. The smallest absolute Gasteiger partial charge is 0.416 e. The Labute approximate surface area is 218 Å². The van der Waals surface area contributed by atoms with Crippen LogP contribution >= 0.6 is 27.5 Å². The van der Waals surface area contributed by atoms with Crippen molar-refractivity contribution in [2.45, 2.75) is 25.6 Å². The predicted molar refractivity (Wildman–Crippen MR) is 135 cm³/mol. The number of hydrazone groups is 1. The predicted octanol–water partition coefficient (Wildman–Crippen LogP) is 6.57. The first-order chi connectivity index (χ1) is 17.1. The van der Waals surface area contributed by atoms with E-state index in [0.717, 1.165) is 17.7 Å². The molecule has 6 nitrogen and oxygen atoms in total. The minimum atomic E-state index is -4.51. The van der Waals surface area contributed by atoms with Crippen LogP contribution in [0.2, 0.25) is 5.02 Å². The molecule has 3 rings (SSSR count). The number of hydrogen-bond acceptors (Lipinski definition) is 4. The van der Waals surface area contributed by atoms with Crippen molar-refractivity contribution >= 4 is 51.2 Å². The van der Waals surface area contributed by atoms with Gasteiger partial charge in [0, 0.05) is 23.6 Å². The largest absolute Gasteiger partial charge is 0.488 e. The molecule has 0 unspecified atom stereocenters. The monoisotopic (exact) mass is 581 g/mol. The number of ether oxygens (including phenoxy) is 1. The van der Waals surface area contributed by atoms with Gasteiger partial charge in [-0.25, -0.2) is 5.43 Å². The van der Waals surface area contributed by atoms with Crippen molar-refractivity contribution in [3.8, 4) is 5.75 Å². The van der Waals surface area contributed by atoms with Crippen LogP contribution in [-0.2, 0) is 22.4 Å². The quantitative estimate of drug-likeness (QED) is 0.221. The van der Waals surface area contributed by atoms with Crippen molar-refractivity contribution in [3.63, 3.8) is 0 Å². The maximum atomic E-state index is 12.8. The lowest BCUT2D eigenvalue weighted by Crippen LogP contribution is -2.20. The highest BCUT2D eigenvalue weighted by molar-refractivity contribution is 9.10. The van der Waals surface area contributed by atoms with Gasteiger partial charge in [0.1, 0.15) is 12.4 Å². The van der Waals surface area contributed by atoms with Crippen molar-refractivity contribution < 1.29 is 27.5 Å². The zero-order chi connectivity index (χ0) is 26.1. The van der Waals surface area contributed by atoms with Crippen LogP contribution < -0.4 is 15.5 Å². The summed E-state index contributed by atoms with van der Waals surface area (Å²) in [6.07, 6.45) is -3.50. The van der Waals surface area contributed by atoms with Gasteiger partial charge >= 0.3 is 6.18 Å². The number of carbonyl (C=O) groups is 2. The first-order valence-corrected chi connectivity index (χ1v) is 11.7. The lowest BCUT2D eigenvalue weighted by Gasteiger charge is -2.09. The first-order valence-electron chi connectivity index (χ1n) is 10.6. The second-order valence-corrected chi connectivity index (χ2v) is 8.82. The molecular formula is C25H20BrClF3N3O3. The van der Waals surface area contributed by atoms with E-state index in [-0.39, 0.29) is 18.5 Å². The number of anilines is 1. The summed E-state index contributed by atoms with van der Waals surface area (Å²) in [5, 5.41) is 6.85. The van der Waals surface area contributed by atoms with Gasteiger partial charge in [0.25, 0.3) is 0 Å². The van der Waals surface area contributed by atoms with E-state index in [4.69, 9.17) is 16.3 Å². The molecule has 0 radical (unpaired) electrons. The average molecular weight is 583 g/mol. The average Bonchev–Trinajstić information content (AvgIpc) is 2.83. The third kappa shape index (κ3) is 8.69. The summed E-state index contributed by atoms with van der Waals surface area (Å²) in [6.45, 7) is 0.362. The molecule has 0 saturated carbocycles. The van der Waals surface area contributed by atoms with E-state index in [0.29, 0.717) is 27.4 Å². The molecule has 0 aliphatic heterocycles. The van der Waals surface area contributed by atoms with E-state index < -0.39 is 23.6 Å². The number of nitrogens with one attached hydrogen (secondary N) is 2. The number of halogens is 5. The number of benzene rings is 3. The van der Waals surface area contributed by atoms with E-state index >= 15 is 0 Å². The van der Waals surface area contributed by atoms with Gasteiger partial charge in [0.15, 0.2) is 0 Å². The number of alkyl halides is 3. The summed E-state index contributed by atoms with van der Waals surface area (Å²) in [5.74, 6) is -0.489. The minimum Gasteiger partial charge on any atom is -0.488 e. The standard InChI is InChI=1S/C25H20BrClF3N3O3/c26-21-12-17(6-9-22(21)36-15-16-4-7-19(27)8-5-16)14-31-33-24(35)11-10-23(34)32-20-3-1-2-18(13-20)25(28,29)30/h1-9,12-14H,10-11,15H2,(H,32,34)(H,33,35). The summed E-state index contributed by atoms with van der Waals surface area (Å²) in [6, 6.07) is 16.8. The summed E-state index contributed by atoms with van der Waals surface area (Å²) in [4.78, 5) is 23.9. The van der Waals surface area contributed by atoms with Crippen LogP contribution in [0.15, 0.2) is 76.3 Å². The molecule has 0 saturated heterocycles. The van der Waals surface area contributed by atoms with Gasteiger partial charge in [-0.15, -0.1) is 0 Å². The van der Waals surface area contributed by atoms with Crippen LogP contribution in [0.4, 0.5) is 18.9 Å². The number of carbonyl (C=O) groups excluding carboxylic acids is 2. The van der Waals surface area contributed by atoms with Gasteiger partial charge < -0.3 is 10.1 Å². The molecule has 0 aliphatic carbocycles. The molecule has 2 N–H and O–H groups in total. The molecule has 3 aromatic rings. The number of amides is 2. The van der Waals surface area contributed by atoms with Crippen LogP contribution in [0.1, 0.15) is 29.5 Å². The summed E-state index contributed by atoms with van der Waals surface area (Å²) in [7, 11) is 0. The highest BCUT2D eigenvalue weighted by Crippen LogP contribution is 2.30. The van der Waals surface area contributed by atoms with Crippen molar-refractivity contribution in [2.24, 2.45) is 5.10 Å². The normalized spacial score (nSPS) is 11.4. The van der Waals surface area contributed by atoms with E-state index in [1.54, 1.807) is 30.3 Å². The minimum absolute atomic E-state index is 0.000534. The van der Waals surface area contributed by atoms with E-state index in [9.17, 15) is 22.8 Å². The molecule has 0 aliphatic rings. The third-order valence-electron chi connectivity index (χ3n) is 4.72. The Balaban J connectivity index is 1.43. The Morgan fingerprint density at radius 2 is 1.72 bits per heavy atom. The molecule has 0 fully saturated rings. The highest BCUT2D eigenvalue weighted by atomic mass is 79.9. The second kappa shape index (κ2) is 12.5. The lowest BCUT2D eigenvalue weighted by molar-refractivity contribution is -0.137. The molecule has 36 heavy (non-hydrogen) atoms. The fourth-order valence-corrected chi connectivity index (χ4v) is 3.55. The SMILES string of the molecule is O=C(CCC(=O)Nc1cccc(C(F)(F)F)c1)NN=Cc1ccc(OCc2ccc(Cl)cc2)c(Br)c1. The van der Waals surface area contributed by atoms with Crippen LogP contribution in [0.3, 0.4) is 0 Å². The fourth-order valence-electron chi connectivity index (χ4n) is 2.91. The molecule has 0 spiro atoms. The van der Waals surface area contributed by atoms with Gasteiger partial charge in [0.2, 0.25) is 11.8 Å². The molecule has 188 valence electrons. The Hall–Kier alpha value is -3.37. The molecule has 3 aromatic carbocycles. The zero-order valence-electron chi connectivity index (χ0n) is 18.6. The molecule has 0 aromatic heterocycles. The van der Waals surface area contributed by atoms with E-state index in [1.165, 1.54) is 18.3 Å². The first kappa shape index (κ1) is 27.2. The van der Waals surface area contributed by atoms with Gasteiger partial charge in [-0.05, 0) is 75.6 Å². The molecule has 0 bridgehead atoms. The number of rotatable bonds is 9. The van der Waals surface area contributed by atoms with E-state index in [1.807, 2.05) is 12.1 Å². The molecule has 2 amide bonds. The van der Waals surface area contributed by atoms with Gasteiger partial charge in [0.05, 0.1) is 16.3 Å². The van der Waals surface area contributed by atoms with Gasteiger partial charge in [-0.3, -0.25) is 9.59 Å². The Kier molecular flexibility index (Phi) is 9.49. The second-order valence-electron chi connectivity index (χ2n) is 7.52. The zero-order valence-corrected chi connectivity index (χ0v) is 21.0. The third-order valence-corrected chi connectivity index (χ3v) is 5.59. The van der Waals surface area contributed by atoms with Crippen molar-refractivity contribution in [3.05, 3.63) is 92.9 Å². The molecule has 0 atom stereocenters. The van der Waals surface area contributed by atoms with Gasteiger partial charge in [-0.2, -0.15) is 18.3 Å².